The summed E-state index contributed by atoms with van der Waals surface area (Å²) < 4.78 is 0. The summed E-state index contributed by atoms with van der Waals surface area (Å²) in [5.41, 5.74) is 2.96. The van der Waals surface area contributed by atoms with Gasteiger partial charge in [0.2, 0.25) is 5.95 Å². The number of rotatable bonds is 4. The fourth-order valence-corrected chi connectivity index (χ4v) is 2.53. The molecule has 0 fully saturated rings. The van der Waals surface area contributed by atoms with Crippen LogP contribution in [0.5, 0.6) is 0 Å². The van der Waals surface area contributed by atoms with Gasteiger partial charge in [0.1, 0.15) is 0 Å². The van der Waals surface area contributed by atoms with Gasteiger partial charge in [-0.05, 0) is 31.4 Å². The predicted octanol–water partition coefficient (Wildman–Crippen LogP) is 2.70. The van der Waals surface area contributed by atoms with E-state index in [1.165, 1.54) is 5.56 Å². The molecule has 22 heavy (non-hydrogen) atoms. The lowest BCUT2D eigenvalue weighted by atomic mass is 10.2. The standard InChI is InChI=1S/C17H20N4O/c1-3-12(2)20-16(22)14-10-18-17(19-11-14)21-9-8-13-6-4-5-7-15(13)21/h4-7,10-12H,3,8-9H2,1-2H3,(H,20,22). The first kappa shape index (κ1) is 14.5. The third-order valence-electron chi connectivity index (χ3n) is 4.02. The quantitative estimate of drug-likeness (QED) is 0.942. The first-order valence-electron chi connectivity index (χ1n) is 7.67. The highest BCUT2D eigenvalue weighted by molar-refractivity contribution is 5.93. The van der Waals surface area contributed by atoms with Crippen LogP contribution in [0.3, 0.4) is 0 Å². The molecular formula is C17H20N4O. The number of fused-ring (bicyclic) bond motifs is 1. The normalized spacial score (nSPS) is 14.5. The molecule has 1 unspecified atom stereocenters. The number of carbonyl (C=O) groups excluding carboxylic acids is 1. The van der Waals surface area contributed by atoms with Crippen LogP contribution in [0.25, 0.3) is 0 Å². The lowest BCUT2D eigenvalue weighted by Crippen LogP contribution is -2.32. The van der Waals surface area contributed by atoms with Gasteiger partial charge in [-0.3, -0.25) is 4.79 Å². The van der Waals surface area contributed by atoms with Crippen LogP contribution in [0.2, 0.25) is 0 Å². The Balaban J connectivity index is 1.77. The van der Waals surface area contributed by atoms with Crippen molar-refractivity contribution in [1.82, 2.24) is 15.3 Å². The number of para-hydroxylation sites is 1. The largest absolute Gasteiger partial charge is 0.350 e. The number of hydrogen-bond donors (Lipinski definition) is 1. The maximum Gasteiger partial charge on any atom is 0.254 e. The van der Waals surface area contributed by atoms with Crippen LogP contribution in [0.4, 0.5) is 11.6 Å². The number of nitrogens with zero attached hydrogens (tertiary/aromatic N) is 3. The van der Waals surface area contributed by atoms with Gasteiger partial charge in [0, 0.05) is 30.7 Å². The molecule has 0 bridgehead atoms. The van der Waals surface area contributed by atoms with E-state index in [0.717, 1.165) is 25.1 Å². The summed E-state index contributed by atoms with van der Waals surface area (Å²) in [4.78, 5) is 22.9. The number of benzene rings is 1. The molecule has 1 aliphatic heterocycles. The highest BCUT2D eigenvalue weighted by Gasteiger charge is 2.22. The summed E-state index contributed by atoms with van der Waals surface area (Å²) in [6, 6.07) is 8.42. The molecule has 1 aromatic heterocycles. The van der Waals surface area contributed by atoms with Gasteiger partial charge < -0.3 is 10.2 Å². The fourth-order valence-electron chi connectivity index (χ4n) is 2.53. The van der Waals surface area contributed by atoms with Gasteiger partial charge >= 0.3 is 0 Å². The minimum Gasteiger partial charge on any atom is -0.350 e. The minimum atomic E-state index is -0.122. The van der Waals surface area contributed by atoms with Gasteiger partial charge in [0.15, 0.2) is 0 Å². The van der Waals surface area contributed by atoms with E-state index >= 15 is 0 Å². The molecule has 5 heteroatoms. The molecule has 1 N–H and O–H groups in total. The van der Waals surface area contributed by atoms with Crippen LogP contribution < -0.4 is 10.2 Å². The average Bonchev–Trinajstić information content (AvgIpc) is 2.99. The molecule has 0 aliphatic carbocycles. The molecule has 2 heterocycles. The molecule has 0 saturated carbocycles. The van der Waals surface area contributed by atoms with E-state index in [9.17, 15) is 4.79 Å². The van der Waals surface area contributed by atoms with Gasteiger partial charge in [0.05, 0.1) is 5.56 Å². The van der Waals surface area contributed by atoms with Crippen molar-refractivity contribution in [2.24, 2.45) is 0 Å². The molecule has 1 aromatic carbocycles. The van der Waals surface area contributed by atoms with Crippen LogP contribution in [0.1, 0.15) is 36.2 Å². The van der Waals surface area contributed by atoms with Crippen molar-refractivity contribution < 1.29 is 4.79 Å². The molecule has 0 spiro atoms. The molecule has 3 rings (SSSR count). The Kier molecular flexibility index (Phi) is 4.04. The second kappa shape index (κ2) is 6.13. The maximum absolute atomic E-state index is 12.0. The SMILES string of the molecule is CCC(C)NC(=O)c1cnc(N2CCc3ccccc32)nc1. The lowest BCUT2D eigenvalue weighted by molar-refractivity contribution is 0.0938. The molecule has 0 radical (unpaired) electrons. The minimum absolute atomic E-state index is 0.122. The third-order valence-corrected chi connectivity index (χ3v) is 4.02. The van der Waals surface area contributed by atoms with E-state index in [2.05, 4.69) is 32.3 Å². The van der Waals surface area contributed by atoms with E-state index < -0.39 is 0 Å². The van der Waals surface area contributed by atoms with Gasteiger partial charge in [-0.1, -0.05) is 25.1 Å². The first-order valence-corrected chi connectivity index (χ1v) is 7.67. The Hall–Kier alpha value is -2.43. The Morgan fingerprint density at radius 2 is 2.05 bits per heavy atom. The summed E-state index contributed by atoms with van der Waals surface area (Å²) in [7, 11) is 0. The number of nitrogens with one attached hydrogen (secondary N) is 1. The highest BCUT2D eigenvalue weighted by Crippen LogP contribution is 2.31. The van der Waals surface area contributed by atoms with Crippen molar-refractivity contribution in [3.8, 4) is 0 Å². The third kappa shape index (κ3) is 2.79. The van der Waals surface area contributed by atoms with E-state index in [0.29, 0.717) is 11.5 Å². The van der Waals surface area contributed by atoms with Crippen LogP contribution in [0.15, 0.2) is 36.7 Å². The molecule has 114 valence electrons. The van der Waals surface area contributed by atoms with Gasteiger partial charge in [-0.2, -0.15) is 0 Å². The van der Waals surface area contributed by atoms with E-state index in [1.807, 2.05) is 26.0 Å². The summed E-state index contributed by atoms with van der Waals surface area (Å²) in [6.07, 6.45) is 5.09. The van der Waals surface area contributed by atoms with Crippen molar-refractivity contribution in [3.63, 3.8) is 0 Å². The fraction of sp³-hybridized carbons (Fsp3) is 0.353. The maximum atomic E-state index is 12.0. The molecular weight excluding hydrogens is 276 g/mol. The van der Waals surface area contributed by atoms with E-state index in [1.54, 1.807) is 12.4 Å². The molecule has 1 amide bonds. The summed E-state index contributed by atoms with van der Waals surface area (Å²) in [5.74, 6) is 0.521. The second-order valence-corrected chi connectivity index (χ2v) is 5.58. The number of anilines is 2. The zero-order valence-electron chi connectivity index (χ0n) is 12.9. The van der Waals surface area contributed by atoms with E-state index in [4.69, 9.17) is 0 Å². The molecule has 0 saturated heterocycles. The average molecular weight is 296 g/mol. The van der Waals surface area contributed by atoms with E-state index in [-0.39, 0.29) is 11.9 Å². The van der Waals surface area contributed by atoms with Crippen LogP contribution in [-0.2, 0) is 6.42 Å². The van der Waals surface area contributed by atoms with Crippen molar-refractivity contribution in [1.29, 1.82) is 0 Å². The van der Waals surface area contributed by atoms with Crippen molar-refractivity contribution in [3.05, 3.63) is 47.8 Å². The number of aromatic nitrogens is 2. The van der Waals surface area contributed by atoms with Crippen LogP contribution in [0, 0.1) is 0 Å². The number of amides is 1. The second-order valence-electron chi connectivity index (χ2n) is 5.58. The van der Waals surface area contributed by atoms with Crippen molar-refractivity contribution in [2.45, 2.75) is 32.7 Å². The Morgan fingerprint density at radius 3 is 2.77 bits per heavy atom. The molecule has 2 aromatic rings. The number of hydrogen-bond acceptors (Lipinski definition) is 4. The van der Waals surface area contributed by atoms with Crippen LogP contribution >= 0.6 is 0 Å². The van der Waals surface area contributed by atoms with Gasteiger partial charge in [-0.15, -0.1) is 0 Å². The summed E-state index contributed by atoms with van der Waals surface area (Å²) in [6.45, 7) is 4.89. The number of carbonyl (C=O) groups is 1. The van der Waals surface area contributed by atoms with Crippen molar-refractivity contribution in [2.75, 3.05) is 11.4 Å². The molecule has 1 atom stereocenters. The summed E-state index contributed by atoms with van der Waals surface area (Å²) in [5, 5.41) is 2.92. The van der Waals surface area contributed by atoms with Gasteiger partial charge in [0.25, 0.3) is 5.91 Å². The zero-order valence-corrected chi connectivity index (χ0v) is 12.9. The molecule has 1 aliphatic rings. The lowest BCUT2D eigenvalue weighted by Gasteiger charge is -2.17. The Labute approximate surface area is 130 Å². The first-order chi connectivity index (χ1) is 10.7. The zero-order chi connectivity index (χ0) is 15.5. The highest BCUT2D eigenvalue weighted by atomic mass is 16.1. The predicted molar refractivity (Wildman–Crippen MR) is 86.4 cm³/mol. The Morgan fingerprint density at radius 1 is 1.32 bits per heavy atom. The Bertz CT molecular complexity index is 669. The summed E-state index contributed by atoms with van der Waals surface area (Å²) >= 11 is 0. The molecule has 5 nitrogen and oxygen atoms in total. The monoisotopic (exact) mass is 296 g/mol. The van der Waals surface area contributed by atoms with Gasteiger partial charge in [-0.25, -0.2) is 9.97 Å². The smallest absolute Gasteiger partial charge is 0.254 e. The topological polar surface area (TPSA) is 58.1 Å². The van der Waals surface area contributed by atoms with Crippen LogP contribution in [-0.4, -0.2) is 28.5 Å². The van der Waals surface area contributed by atoms with Crippen molar-refractivity contribution >= 4 is 17.5 Å².